The number of nitrogens with zero attached hydrogens (tertiary/aromatic N) is 2. The van der Waals surface area contributed by atoms with Gasteiger partial charge in [0.25, 0.3) is 0 Å². The van der Waals surface area contributed by atoms with E-state index in [1.165, 1.54) is 10.9 Å². The molecule has 0 radical (unpaired) electrons. The van der Waals surface area contributed by atoms with E-state index in [2.05, 4.69) is 28.1 Å². The molecule has 1 aromatic heterocycles. The fraction of sp³-hybridized carbons (Fsp3) is 0.357. The molecule has 17 heavy (non-hydrogen) atoms. The van der Waals surface area contributed by atoms with Gasteiger partial charge in [0.1, 0.15) is 0 Å². The lowest BCUT2D eigenvalue weighted by molar-refractivity contribution is 0.0341. The van der Waals surface area contributed by atoms with Crippen molar-refractivity contribution >= 4 is 10.9 Å². The fourth-order valence-electron chi connectivity index (χ4n) is 2.22. The van der Waals surface area contributed by atoms with Crippen LogP contribution in [0.25, 0.3) is 10.9 Å². The van der Waals surface area contributed by atoms with Gasteiger partial charge in [0.15, 0.2) is 0 Å². The third-order valence-corrected chi connectivity index (χ3v) is 3.16. The highest BCUT2D eigenvalue weighted by Crippen LogP contribution is 2.14. The van der Waals surface area contributed by atoms with E-state index < -0.39 is 0 Å². The average molecular weight is 228 g/mol. The van der Waals surface area contributed by atoms with E-state index >= 15 is 0 Å². The van der Waals surface area contributed by atoms with Crippen LogP contribution in [0, 0.1) is 0 Å². The topological polar surface area (TPSA) is 25.4 Å². The van der Waals surface area contributed by atoms with Gasteiger partial charge in [-0.25, -0.2) is 0 Å². The highest BCUT2D eigenvalue weighted by molar-refractivity contribution is 5.78. The molecular formula is C14H16N2O. The van der Waals surface area contributed by atoms with Crippen molar-refractivity contribution in [3.05, 3.63) is 42.1 Å². The minimum Gasteiger partial charge on any atom is -0.379 e. The zero-order chi connectivity index (χ0) is 11.5. The summed E-state index contributed by atoms with van der Waals surface area (Å²) in [6.07, 6.45) is 1.98. The van der Waals surface area contributed by atoms with Gasteiger partial charge in [-0.05, 0) is 17.7 Å². The monoisotopic (exact) mass is 228 g/mol. The molecule has 3 heteroatoms. The summed E-state index contributed by atoms with van der Waals surface area (Å²) in [4.78, 5) is 6.90. The number of fused-ring (bicyclic) bond motifs is 1. The molecule has 1 saturated heterocycles. The molecule has 0 aliphatic carbocycles. The highest BCUT2D eigenvalue weighted by atomic mass is 16.5. The van der Waals surface area contributed by atoms with Crippen LogP contribution < -0.4 is 0 Å². The summed E-state index contributed by atoms with van der Waals surface area (Å²) in [6, 6.07) is 10.5. The molecule has 0 saturated carbocycles. The number of benzene rings is 1. The molecule has 88 valence electrons. The van der Waals surface area contributed by atoms with Crippen molar-refractivity contribution in [3.8, 4) is 0 Å². The average Bonchev–Trinajstić information content (AvgIpc) is 2.40. The summed E-state index contributed by atoms with van der Waals surface area (Å²) in [6.45, 7) is 4.71. The predicted octanol–water partition coefficient (Wildman–Crippen LogP) is 2.07. The quantitative estimate of drug-likeness (QED) is 0.786. The Hall–Kier alpha value is -1.45. The van der Waals surface area contributed by atoms with Crippen molar-refractivity contribution in [2.24, 2.45) is 0 Å². The van der Waals surface area contributed by atoms with E-state index in [1.807, 2.05) is 18.3 Å². The zero-order valence-electron chi connectivity index (χ0n) is 9.80. The Kier molecular flexibility index (Phi) is 3.03. The lowest BCUT2D eigenvalue weighted by Crippen LogP contribution is -2.35. The van der Waals surface area contributed by atoms with Crippen LogP contribution in [0.2, 0.25) is 0 Å². The van der Waals surface area contributed by atoms with Crippen molar-refractivity contribution in [2.45, 2.75) is 6.54 Å². The molecular weight excluding hydrogens is 212 g/mol. The maximum absolute atomic E-state index is 5.35. The molecule has 1 aliphatic rings. The first kappa shape index (κ1) is 10.7. The second-order valence-electron chi connectivity index (χ2n) is 4.42. The van der Waals surface area contributed by atoms with Crippen LogP contribution in [0.4, 0.5) is 0 Å². The molecule has 2 aromatic rings. The number of rotatable bonds is 2. The lowest BCUT2D eigenvalue weighted by Gasteiger charge is -2.26. The summed E-state index contributed by atoms with van der Waals surface area (Å²) in [5.41, 5.74) is 2.35. The number of para-hydroxylation sites is 1. The molecule has 3 nitrogen and oxygen atoms in total. The first-order valence-corrected chi connectivity index (χ1v) is 6.05. The summed E-state index contributed by atoms with van der Waals surface area (Å²) < 4.78 is 5.35. The van der Waals surface area contributed by atoms with Crippen molar-refractivity contribution < 1.29 is 4.74 Å². The van der Waals surface area contributed by atoms with Crippen molar-refractivity contribution in [1.82, 2.24) is 9.88 Å². The lowest BCUT2D eigenvalue weighted by atomic mass is 10.1. The number of aromatic nitrogens is 1. The Labute approximate surface area is 101 Å². The van der Waals surface area contributed by atoms with E-state index in [0.717, 1.165) is 38.4 Å². The molecule has 0 spiro atoms. The Morgan fingerprint density at radius 3 is 2.88 bits per heavy atom. The number of ether oxygens (including phenoxy) is 1. The molecule has 3 rings (SSSR count). The first-order valence-electron chi connectivity index (χ1n) is 6.05. The van der Waals surface area contributed by atoms with E-state index in [4.69, 9.17) is 4.74 Å². The van der Waals surface area contributed by atoms with Gasteiger partial charge >= 0.3 is 0 Å². The van der Waals surface area contributed by atoms with E-state index in [-0.39, 0.29) is 0 Å². The Morgan fingerprint density at radius 2 is 2.00 bits per heavy atom. The van der Waals surface area contributed by atoms with Gasteiger partial charge in [-0.15, -0.1) is 0 Å². The predicted molar refractivity (Wildman–Crippen MR) is 67.8 cm³/mol. The van der Waals surface area contributed by atoms with E-state index in [9.17, 15) is 0 Å². The summed E-state index contributed by atoms with van der Waals surface area (Å²) in [7, 11) is 0. The van der Waals surface area contributed by atoms with Crippen LogP contribution in [0.5, 0.6) is 0 Å². The van der Waals surface area contributed by atoms with Crippen molar-refractivity contribution in [1.29, 1.82) is 0 Å². The second-order valence-corrected chi connectivity index (χ2v) is 4.42. The summed E-state index contributed by atoms with van der Waals surface area (Å²) in [5, 5.41) is 1.22. The zero-order valence-corrected chi connectivity index (χ0v) is 9.80. The standard InChI is InChI=1S/C14H16N2O/c1-2-4-14-13(3-1)9-12(10-15-14)11-16-5-7-17-8-6-16/h1-4,9-10H,5-8,11H2. The fourth-order valence-corrected chi connectivity index (χ4v) is 2.22. The molecule has 0 amide bonds. The summed E-state index contributed by atoms with van der Waals surface area (Å²) >= 11 is 0. The largest absolute Gasteiger partial charge is 0.379 e. The van der Waals surface area contributed by atoms with Crippen LogP contribution in [0.1, 0.15) is 5.56 Å². The second kappa shape index (κ2) is 4.82. The molecule has 1 aromatic carbocycles. The summed E-state index contributed by atoms with van der Waals surface area (Å²) in [5.74, 6) is 0. The molecule has 1 aliphatic heterocycles. The molecule has 0 atom stereocenters. The smallest absolute Gasteiger partial charge is 0.0702 e. The normalized spacial score (nSPS) is 17.4. The van der Waals surface area contributed by atoms with Crippen molar-refractivity contribution in [2.75, 3.05) is 26.3 Å². The van der Waals surface area contributed by atoms with Gasteiger partial charge in [0.2, 0.25) is 0 Å². The van der Waals surface area contributed by atoms with Crippen LogP contribution in [0.3, 0.4) is 0 Å². The van der Waals surface area contributed by atoms with Crippen LogP contribution in [-0.4, -0.2) is 36.2 Å². The maximum Gasteiger partial charge on any atom is 0.0702 e. The Balaban J connectivity index is 1.80. The van der Waals surface area contributed by atoms with Crippen LogP contribution in [-0.2, 0) is 11.3 Å². The van der Waals surface area contributed by atoms with Gasteiger partial charge < -0.3 is 4.74 Å². The van der Waals surface area contributed by atoms with Gasteiger partial charge in [-0.2, -0.15) is 0 Å². The molecule has 0 unspecified atom stereocenters. The van der Waals surface area contributed by atoms with E-state index in [1.54, 1.807) is 0 Å². The third-order valence-electron chi connectivity index (χ3n) is 3.16. The van der Waals surface area contributed by atoms with Gasteiger partial charge in [-0.1, -0.05) is 18.2 Å². The molecule has 1 fully saturated rings. The first-order chi connectivity index (χ1) is 8.42. The van der Waals surface area contributed by atoms with Crippen LogP contribution in [0.15, 0.2) is 36.5 Å². The third kappa shape index (κ3) is 2.46. The Morgan fingerprint density at radius 1 is 1.18 bits per heavy atom. The molecule has 0 bridgehead atoms. The molecule has 0 N–H and O–H groups in total. The highest BCUT2D eigenvalue weighted by Gasteiger charge is 2.10. The number of pyridine rings is 1. The Bertz CT molecular complexity index is 506. The number of hydrogen-bond donors (Lipinski definition) is 0. The van der Waals surface area contributed by atoms with E-state index in [0.29, 0.717) is 0 Å². The number of morpholine rings is 1. The van der Waals surface area contributed by atoms with Crippen LogP contribution >= 0.6 is 0 Å². The van der Waals surface area contributed by atoms with Crippen molar-refractivity contribution in [3.63, 3.8) is 0 Å². The van der Waals surface area contributed by atoms with Gasteiger partial charge in [-0.3, -0.25) is 9.88 Å². The maximum atomic E-state index is 5.35. The minimum atomic E-state index is 0.848. The van der Waals surface area contributed by atoms with Gasteiger partial charge in [0.05, 0.1) is 18.7 Å². The molecule has 2 heterocycles. The van der Waals surface area contributed by atoms with Gasteiger partial charge in [0, 0.05) is 31.2 Å². The number of hydrogen-bond acceptors (Lipinski definition) is 3. The minimum absolute atomic E-state index is 0.848. The SMILES string of the molecule is c1ccc2ncc(CN3CCOCC3)cc2c1.